The highest BCUT2D eigenvalue weighted by Gasteiger charge is 2.38. The van der Waals surface area contributed by atoms with Gasteiger partial charge in [-0.3, -0.25) is 4.79 Å². The van der Waals surface area contributed by atoms with Gasteiger partial charge < -0.3 is 5.32 Å². The first-order valence-corrected chi connectivity index (χ1v) is 8.81. The third-order valence-corrected chi connectivity index (χ3v) is 4.95. The smallest absolute Gasteiger partial charge is 0.307 e. The van der Waals surface area contributed by atoms with E-state index in [2.05, 4.69) is 5.32 Å². The van der Waals surface area contributed by atoms with Crippen molar-refractivity contribution in [1.29, 1.82) is 0 Å². The fourth-order valence-corrected chi connectivity index (χ4v) is 3.62. The van der Waals surface area contributed by atoms with E-state index < -0.39 is 29.4 Å². The molecule has 0 saturated carbocycles. The molecule has 0 unspecified atom stereocenters. The van der Waals surface area contributed by atoms with Crippen molar-refractivity contribution in [3.05, 3.63) is 64.1 Å². The first kappa shape index (κ1) is 20.4. The maximum absolute atomic E-state index is 13.4. The van der Waals surface area contributed by atoms with Gasteiger partial charge in [0.1, 0.15) is 4.32 Å². The second-order valence-corrected chi connectivity index (χ2v) is 7.45. The summed E-state index contributed by atoms with van der Waals surface area (Å²) in [7, 11) is 0. The van der Waals surface area contributed by atoms with E-state index in [4.69, 9.17) is 12.2 Å². The zero-order valence-electron chi connectivity index (χ0n) is 13.6. The number of hydrogen-bond acceptors (Lipinski definition) is 3. The molecule has 0 spiro atoms. The molecule has 1 amide bonds. The van der Waals surface area contributed by atoms with Crippen LogP contribution in [0, 0.1) is 0 Å². The normalized spacial score (nSPS) is 16.6. The molecule has 2 aromatic rings. The maximum Gasteiger partial charge on any atom is 0.417 e. The molecule has 1 aliphatic heterocycles. The second-order valence-electron chi connectivity index (χ2n) is 5.73. The SMILES string of the molecule is O=C1NC(=S)S/C1=C\c1cccc(-c2ccc(C(F)(F)F)cc2C(F)(F)F)c1. The number of alkyl halides is 6. The van der Waals surface area contributed by atoms with E-state index in [1.165, 1.54) is 24.3 Å². The maximum atomic E-state index is 13.4. The van der Waals surface area contributed by atoms with Crippen LogP contribution in [0.4, 0.5) is 26.3 Å². The summed E-state index contributed by atoms with van der Waals surface area (Å²) in [5.41, 5.74) is -2.68. The van der Waals surface area contributed by atoms with E-state index in [0.717, 1.165) is 17.8 Å². The molecule has 2 aromatic carbocycles. The van der Waals surface area contributed by atoms with Crippen LogP contribution in [-0.2, 0) is 17.1 Å². The quantitative estimate of drug-likeness (QED) is 0.364. The lowest BCUT2D eigenvalue weighted by Crippen LogP contribution is -2.17. The fraction of sp³-hybridized carbons (Fsp3) is 0.111. The molecule has 1 heterocycles. The van der Waals surface area contributed by atoms with E-state index in [1.807, 2.05) is 0 Å². The summed E-state index contributed by atoms with van der Waals surface area (Å²) in [6.07, 6.45) is -8.42. The Bertz CT molecular complexity index is 994. The number of thioether (sulfide) groups is 1. The average Bonchev–Trinajstić information content (AvgIpc) is 2.90. The predicted molar refractivity (Wildman–Crippen MR) is 98.2 cm³/mol. The number of carbonyl (C=O) groups is 1. The second kappa shape index (κ2) is 7.25. The molecule has 0 bridgehead atoms. The Morgan fingerprint density at radius 1 is 0.964 bits per heavy atom. The van der Waals surface area contributed by atoms with Gasteiger partial charge in [-0.1, -0.05) is 48.2 Å². The van der Waals surface area contributed by atoms with Crippen LogP contribution in [-0.4, -0.2) is 10.2 Å². The van der Waals surface area contributed by atoms with Gasteiger partial charge in [-0.25, -0.2) is 0 Å². The summed E-state index contributed by atoms with van der Waals surface area (Å²) in [5, 5.41) is 2.41. The van der Waals surface area contributed by atoms with E-state index in [0.29, 0.717) is 11.6 Å². The van der Waals surface area contributed by atoms with Crippen LogP contribution in [0.15, 0.2) is 47.4 Å². The van der Waals surface area contributed by atoms with Gasteiger partial charge in [-0.15, -0.1) is 0 Å². The Balaban J connectivity index is 2.08. The highest BCUT2D eigenvalue weighted by Crippen LogP contribution is 2.41. The van der Waals surface area contributed by atoms with Gasteiger partial charge in [0.05, 0.1) is 16.0 Å². The van der Waals surface area contributed by atoms with Crippen LogP contribution < -0.4 is 5.32 Å². The molecule has 3 rings (SSSR count). The molecule has 0 atom stereocenters. The van der Waals surface area contributed by atoms with Gasteiger partial charge in [-0.2, -0.15) is 26.3 Å². The third kappa shape index (κ3) is 4.39. The van der Waals surface area contributed by atoms with Crippen molar-refractivity contribution < 1.29 is 31.1 Å². The zero-order chi connectivity index (χ0) is 20.7. The van der Waals surface area contributed by atoms with Crippen molar-refractivity contribution in [2.24, 2.45) is 0 Å². The first-order valence-electron chi connectivity index (χ1n) is 7.59. The van der Waals surface area contributed by atoms with Crippen LogP contribution in [0.5, 0.6) is 0 Å². The van der Waals surface area contributed by atoms with Crippen molar-refractivity contribution in [3.63, 3.8) is 0 Å². The summed E-state index contributed by atoms with van der Waals surface area (Å²) in [4.78, 5) is 12.0. The summed E-state index contributed by atoms with van der Waals surface area (Å²) >= 11 is 5.87. The van der Waals surface area contributed by atoms with Gasteiger partial charge in [0.15, 0.2) is 0 Å². The zero-order valence-corrected chi connectivity index (χ0v) is 15.2. The molecule has 0 aromatic heterocycles. The highest BCUT2D eigenvalue weighted by atomic mass is 32.2. The van der Waals surface area contributed by atoms with Gasteiger partial charge >= 0.3 is 12.4 Å². The van der Waals surface area contributed by atoms with E-state index >= 15 is 0 Å². The lowest BCUT2D eigenvalue weighted by atomic mass is 9.95. The molecule has 10 heteroatoms. The number of amides is 1. The molecule has 2 nitrogen and oxygen atoms in total. The Labute approximate surface area is 164 Å². The number of benzene rings is 2. The standard InChI is InChI=1S/C18H9F6NOS2/c19-17(20,21)11-4-5-12(13(8-11)18(22,23)24)10-3-1-2-9(6-10)7-14-15(26)25-16(27)28-14/h1-8H,(H,25,26,27)/b14-7-. The summed E-state index contributed by atoms with van der Waals surface area (Å²) in [5.74, 6) is -0.425. The van der Waals surface area contributed by atoms with Crippen molar-refractivity contribution in [2.45, 2.75) is 12.4 Å². The third-order valence-electron chi connectivity index (χ3n) is 3.79. The molecule has 28 heavy (non-hydrogen) atoms. The number of rotatable bonds is 2. The molecule has 1 aliphatic rings. The van der Waals surface area contributed by atoms with Crippen LogP contribution in [0.3, 0.4) is 0 Å². The van der Waals surface area contributed by atoms with Gasteiger partial charge in [-0.05, 0) is 41.0 Å². The Hall–Kier alpha value is -2.33. The number of thiocarbonyl (C=S) groups is 1. The van der Waals surface area contributed by atoms with E-state index in [9.17, 15) is 31.1 Å². The van der Waals surface area contributed by atoms with Crippen LogP contribution >= 0.6 is 24.0 Å². The summed E-state index contributed by atoms with van der Waals surface area (Å²) in [6.45, 7) is 0. The minimum atomic E-state index is -4.97. The molecule has 146 valence electrons. The highest BCUT2D eigenvalue weighted by molar-refractivity contribution is 8.26. The molecule has 0 radical (unpaired) electrons. The molecule has 1 fully saturated rings. The molecule has 0 aliphatic carbocycles. The first-order chi connectivity index (χ1) is 12.9. The monoisotopic (exact) mass is 433 g/mol. The number of carbonyl (C=O) groups excluding carboxylic acids is 1. The van der Waals surface area contributed by atoms with Gasteiger partial charge in [0, 0.05) is 0 Å². The van der Waals surface area contributed by atoms with Crippen LogP contribution in [0.25, 0.3) is 17.2 Å². The largest absolute Gasteiger partial charge is 0.417 e. The molecular formula is C18H9F6NOS2. The lowest BCUT2D eigenvalue weighted by Gasteiger charge is -2.16. The fourth-order valence-electron chi connectivity index (χ4n) is 2.58. The predicted octanol–water partition coefficient (Wildman–Crippen LogP) is 5.88. The van der Waals surface area contributed by atoms with Gasteiger partial charge in [0.2, 0.25) is 0 Å². The Morgan fingerprint density at radius 3 is 2.25 bits per heavy atom. The number of halogens is 6. The topological polar surface area (TPSA) is 29.1 Å². The van der Waals surface area contributed by atoms with Crippen LogP contribution in [0.1, 0.15) is 16.7 Å². The van der Waals surface area contributed by atoms with E-state index in [1.54, 1.807) is 6.07 Å². The van der Waals surface area contributed by atoms with Crippen molar-refractivity contribution in [3.8, 4) is 11.1 Å². The summed E-state index contributed by atoms with van der Waals surface area (Å²) in [6, 6.07) is 7.22. The van der Waals surface area contributed by atoms with E-state index in [-0.39, 0.29) is 26.4 Å². The van der Waals surface area contributed by atoms with Crippen molar-refractivity contribution >= 4 is 40.3 Å². The van der Waals surface area contributed by atoms with Crippen molar-refractivity contribution in [1.82, 2.24) is 5.32 Å². The molecular weight excluding hydrogens is 424 g/mol. The number of nitrogens with one attached hydrogen (secondary N) is 1. The minimum Gasteiger partial charge on any atom is -0.307 e. The van der Waals surface area contributed by atoms with Crippen molar-refractivity contribution in [2.75, 3.05) is 0 Å². The van der Waals surface area contributed by atoms with Gasteiger partial charge in [0.25, 0.3) is 5.91 Å². The minimum absolute atomic E-state index is 0.0707. The Morgan fingerprint density at radius 2 is 1.68 bits per heavy atom. The lowest BCUT2D eigenvalue weighted by molar-refractivity contribution is -0.142. The molecule has 1 N–H and O–H groups in total. The Kier molecular flexibility index (Phi) is 5.28. The van der Waals surface area contributed by atoms with Crippen LogP contribution in [0.2, 0.25) is 0 Å². The average molecular weight is 433 g/mol. The number of hydrogen-bond donors (Lipinski definition) is 1. The molecule has 1 saturated heterocycles. The summed E-state index contributed by atoms with van der Waals surface area (Å²) < 4.78 is 78.9.